The van der Waals surface area contributed by atoms with E-state index in [2.05, 4.69) is 5.32 Å². The summed E-state index contributed by atoms with van der Waals surface area (Å²) in [5.41, 5.74) is 1.46. The van der Waals surface area contributed by atoms with Gasteiger partial charge in [-0.15, -0.1) is 0 Å². The van der Waals surface area contributed by atoms with Crippen molar-refractivity contribution in [3.05, 3.63) is 65.7 Å². The molecule has 0 aliphatic carbocycles. The molecule has 0 fully saturated rings. The van der Waals surface area contributed by atoms with E-state index in [0.29, 0.717) is 16.8 Å². The molecule has 0 aliphatic rings. The summed E-state index contributed by atoms with van der Waals surface area (Å²) in [4.78, 5) is 34.2. The number of aliphatic carboxylic acids is 1. The molecule has 0 saturated carbocycles. The summed E-state index contributed by atoms with van der Waals surface area (Å²) in [6.45, 7) is 0. The van der Waals surface area contributed by atoms with Crippen LogP contribution in [0, 0.1) is 0 Å². The molecule has 112 valence electrons. The van der Waals surface area contributed by atoms with E-state index < -0.39 is 11.9 Å². The number of carbonyl (C=O) groups is 3. The van der Waals surface area contributed by atoms with Crippen molar-refractivity contribution in [2.24, 2.45) is 0 Å². The van der Waals surface area contributed by atoms with E-state index in [1.54, 1.807) is 48.5 Å². The molecule has 1 N–H and O–H groups in total. The molecule has 5 nitrogen and oxygen atoms in total. The molecule has 2 rings (SSSR count). The first kappa shape index (κ1) is 15.4. The summed E-state index contributed by atoms with van der Waals surface area (Å²) in [6.07, 6.45) is -0.506. The summed E-state index contributed by atoms with van der Waals surface area (Å²) in [5.74, 6) is -1.86. The predicted molar refractivity (Wildman–Crippen MR) is 79.2 cm³/mol. The number of carboxylic acid groups (broad SMARTS) is 1. The lowest BCUT2D eigenvalue weighted by molar-refractivity contribution is -0.305. The fourth-order valence-electron chi connectivity index (χ4n) is 1.93. The minimum Gasteiger partial charge on any atom is -0.550 e. The van der Waals surface area contributed by atoms with Crippen LogP contribution in [0.2, 0.25) is 0 Å². The zero-order chi connectivity index (χ0) is 15.9. The number of benzene rings is 2. The molecule has 0 radical (unpaired) electrons. The molecule has 0 spiro atoms. The van der Waals surface area contributed by atoms with Crippen molar-refractivity contribution >= 4 is 23.3 Å². The number of anilines is 1. The van der Waals surface area contributed by atoms with Gasteiger partial charge in [0.15, 0.2) is 5.78 Å². The van der Waals surface area contributed by atoms with Gasteiger partial charge in [0.25, 0.3) is 0 Å². The summed E-state index contributed by atoms with van der Waals surface area (Å²) in [6, 6.07) is 15.3. The molecule has 5 heteroatoms. The van der Waals surface area contributed by atoms with E-state index in [1.165, 1.54) is 0 Å². The van der Waals surface area contributed by atoms with E-state index in [1.807, 2.05) is 6.07 Å². The fraction of sp³-hybridized carbons (Fsp3) is 0.118. The van der Waals surface area contributed by atoms with Crippen LogP contribution in [0.5, 0.6) is 0 Å². The molecule has 2 aromatic rings. The zero-order valence-corrected chi connectivity index (χ0v) is 11.7. The average molecular weight is 296 g/mol. The molecule has 2 aromatic carbocycles. The smallest absolute Gasteiger partial charge is 0.224 e. The van der Waals surface area contributed by atoms with Crippen molar-refractivity contribution in [2.45, 2.75) is 12.8 Å². The lowest BCUT2D eigenvalue weighted by atomic mass is 10.0. The molecule has 0 atom stereocenters. The number of carboxylic acids is 1. The van der Waals surface area contributed by atoms with Crippen molar-refractivity contribution in [3.8, 4) is 0 Å². The summed E-state index contributed by atoms with van der Waals surface area (Å²) < 4.78 is 0. The highest BCUT2D eigenvalue weighted by Gasteiger charge is 2.10. The molecule has 22 heavy (non-hydrogen) atoms. The zero-order valence-electron chi connectivity index (χ0n) is 11.7. The first-order valence-corrected chi connectivity index (χ1v) is 6.76. The van der Waals surface area contributed by atoms with Crippen molar-refractivity contribution in [3.63, 3.8) is 0 Å². The average Bonchev–Trinajstić information content (AvgIpc) is 2.53. The van der Waals surface area contributed by atoms with Gasteiger partial charge in [0.1, 0.15) is 0 Å². The molecule has 0 heterocycles. The standard InChI is InChI=1S/C17H15NO4/c19-15(9-10-16(20)21)18-14-8-4-7-13(11-14)17(22)12-5-2-1-3-6-12/h1-8,11H,9-10H2,(H,18,19)(H,20,21)/p-1. The quantitative estimate of drug-likeness (QED) is 0.816. The minimum atomic E-state index is -1.27. The Morgan fingerprint density at radius 3 is 2.23 bits per heavy atom. The largest absolute Gasteiger partial charge is 0.550 e. The van der Waals surface area contributed by atoms with Gasteiger partial charge in [0, 0.05) is 29.2 Å². The van der Waals surface area contributed by atoms with Crippen LogP contribution in [-0.4, -0.2) is 17.7 Å². The number of nitrogens with one attached hydrogen (secondary N) is 1. The van der Waals surface area contributed by atoms with Gasteiger partial charge < -0.3 is 15.2 Å². The Labute approximate surface area is 127 Å². The Balaban J connectivity index is 2.08. The topological polar surface area (TPSA) is 86.3 Å². The molecule has 0 bridgehead atoms. The van der Waals surface area contributed by atoms with Gasteiger partial charge in [-0.05, 0) is 18.6 Å². The van der Waals surface area contributed by atoms with Crippen LogP contribution >= 0.6 is 0 Å². The third kappa shape index (κ3) is 4.28. The van der Waals surface area contributed by atoms with Gasteiger partial charge in [-0.25, -0.2) is 0 Å². The van der Waals surface area contributed by atoms with Gasteiger partial charge in [-0.2, -0.15) is 0 Å². The summed E-state index contributed by atoms with van der Waals surface area (Å²) in [5, 5.41) is 12.9. The van der Waals surface area contributed by atoms with Gasteiger partial charge in [-0.3, -0.25) is 9.59 Å². The number of carbonyl (C=O) groups excluding carboxylic acids is 3. The maximum atomic E-state index is 12.3. The molecule has 1 amide bonds. The molecule has 0 saturated heterocycles. The van der Waals surface area contributed by atoms with Crippen LogP contribution in [0.25, 0.3) is 0 Å². The Morgan fingerprint density at radius 1 is 0.864 bits per heavy atom. The molecule has 0 unspecified atom stereocenters. The molecule has 0 aromatic heterocycles. The Hall–Kier alpha value is -2.95. The van der Waals surface area contributed by atoms with E-state index in [4.69, 9.17) is 0 Å². The maximum absolute atomic E-state index is 12.3. The van der Waals surface area contributed by atoms with E-state index in [0.717, 1.165) is 0 Å². The van der Waals surface area contributed by atoms with E-state index in [-0.39, 0.29) is 18.6 Å². The lowest BCUT2D eigenvalue weighted by Crippen LogP contribution is -2.24. The third-order valence-electron chi connectivity index (χ3n) is 3.00. The summed E-state index contributed by atoms with van der Waals surface area (Å²) in [7, 11) is 0. The van der Waals surface area contributed by atoms with Crippen molar-refractivity contribution in [1.29, 1.82) is 0 Å². The van der Waals surface area contributed by atoms with E-state index >= 15 is 0 Å². The second-order valence-electron chi connectivity index (χ2n) is 4.70. The van der Waals surface area contributed by atoms with Crippen LogP contribution in [0.15, 0.2) is 54.6 Å². The Kier molecular flexibility index (Phi) is 5.03. The monoisotopic (exact) mass is 296 g/mol. The fourth-order valence-corrected chi connectivity index (χ4v) is 1.93. The number of rotatable bonds is 6. The number of ketones is 1. The molecular formula is C17H14NO4-. The third-order valence-corrected chi connectivity index (χ3v) is 3.00. The second-order valence-corrected chi connectivity index (χ2v) is 4.70. The van der Waals surface area contributed by atoms with Crippen LogP contribution in [0.4, 0.5) is 5.69 Å². The Bertz CT molecular complexity index is 695. The lowest BCUT2D eigenvalue weighted by Gasteiger charge is -2.07. The van der Waals surface area contributed by atoms with Crippen molar-refractivity contribution in [1.82, 2.24) is 0 Å². The van der Waals surface area contributed by atoms with Crippen molar-refractivity contribution < 1.29 is 19.5 Å². The van der Waals surface area contributed by atoms with Crippen LogP contribution in [0.3, 0.4) is 0 Å². The van der Waals surface area contributed by atoms with E-state index in [9.17, 15) is 19.5 Å². The highest BCUT2D eigenvalue weighted by Crippen LogP contribution is 2.15. The number of hydrogen-bond acceptors (Lipinski definition) is 4. The first-order chi connectivity index (χ1) is 10.6. The second kappa shape index (κ2) is 7.17. The number of amides is 1. The van der Waals surface area contributed by atoms with Crippen molar-refractivity contribution in [2.75, 3.05) is 5.32 Å². The number of hydrogen-bond donors (Lipinski definition) is 1. The van der Waals surface area contributed by atoms with Crippen LogP contribution in [0.1, 0.15) is 28.8 Å². The summed E-state index contributed by atoms with van der Waals surface area (Å²) >= 11 is 0. The predicted octanol–water partition coefficient (Wildman–Crippen LogP) is 1.39. The van der Waals surface area contributed by atoms with Gasteiger partial charge >= 0.3 is 0 Å². The van der Waals surface area contributed by atoms with Gasteiger partial charge in [-0.1, -0.05) is 42.5 Å². The van der Waals surface area contributed by atoms with Gasteiger partial charge in [0.05, 0.1) is 0 Å². The normalized spacial score (nSPS) is 10.0. The Morgan fingerprint density at radius 2 is 1.55 bits per heavy atom. The van der Waals surface area contributed by atoms with Crippen LogP contribution in [-0.2, 0) is 9.59 Å². The highest BCUT2D eigenvalue weighted by atomic mass is 16.4. The highest BCUT2D eigenvalue weighted by molar-refractivity contribution is 6.09. The van der Waals surface area contributed by atoms with Crippen LogP contribution < -0.4 is 10.4 Å². The molecular weight excluding hydrogens is 282 g/mol. The first-order valence-electron chi connectivity index (χ1n) is 6.76. The maximum Gasteiger partial charge on any atom is 0.224 e. The van der Waals surface area contributed by atoms with Gasteiger partial charge in [0.2, 0.25) is 5.91 Å². The SMILES string of the molecule is O=C([O-])CCC(=O)Nc1cccc(C(=O)c2ccccc2)c1. The minimum absolute atomic E-state index is 0.147. The molecule has 0 aliphatic heterocycles.